The van der Waals surface area contributed by atoms with Crippen LogP contribution in [0.3, 0.4) is 0 Å². The lowest BCUT2D eigenvalue weighted by Gasteiger charge is -2.10. The summed E-state index contributed by atoms with van der Waals surface area (Å²) in [4.78, 5) is 19.9. The van der Waals surface area contributed by atoms with Gasteiger partial charge in [0.05, 0.1) is 0 Å². The lowest BCUT2D eigenvalue weighted by atomic mass is 10.3. The molecule has 0 aliphatic carbocycles. The number of alkyl halides is 3. The van der Waals surface area contributed by atoms with Gasteiger partial charge >= 0.3 is 6.18 Å². The molecular formula is C14H11ClF3N3O2. The summed E-state index contributed by atoms with van der Waals surface area (Å²) < 4.78 is 37.5. The highest BCUT2D eigenvalue weighted by atomic mass is 35.5. The van der Waals surface area contributed by atoms with Gasteiger partial charge in [0, 0.05) is 23.0 Å². The fourth-order valence-corrected chi connectivity index (χ4v) is 1.76. The van der Waals surface area contributed by atoms with Gasteiger partial charge < -0.3 is 10.2 Å². The average Bonchev–Trinajstić information content (AvgIpc) is 2.46. The van der Waals surface area contributed by atoms with E-state index in [4.69, 9.17) is 16.4 Å². The quantitative estimate of drug-likeness (QED) is 0.816. The molecule has 0 saturated carbocycles. The van der Waals surface area contributed by atoms with Gasteiger partial charge in [-0.2, -0.15) is 13.2 Å². The molecule has 0 radical (unpaired) electrons. The number of hydroxylamine groups is 1. The minimum absolute atomic E-state index is 0.0121. The molecule has 9 heteroatoms. The summed E-state index contributed by atoms with van der Waals surface area (Å²) in [6, 6.07) is 8.47. The van der Waals surface area contributed by atoms with Crippen molar-refractivity contribution in [1.29, 1.82) is 0 Å². The van der Waals surface area contributed by atoms with Crippen LogP contribution in [-0.2, 0) is 11.0 Å². The molecule has 0 aliphatic rings. The van der Waals surface area contributed by atoms with Crippen LogP contribution >= 0.6 is 11.6 Å². The number of aromatic nitrogens is 1. The molecule has 0 atom stereocenters. The molecule has 1 heterocycles. The maximum absolute atomic E-state index is 12.5. The van der Waals surface area contributed by atoms with Crippen molar-refractivity contribution in [2.24, 2.45) is 0 Å². The van der Waals surface area contributed by atoms with Gasteiger partial charge in [-0.15, -0.1) is 5.48 Å². The van der Waals surface area contributed by atoms with E-state index in [2.05, 4.69) is 15.8 Å². The fraction of sp³-hybridized carbons (Fsp3) is 0.143. The molecule has 0 aliphatic heterocycles. The largest absolute Gasteiger partial charge is 0.433 e. The Labute approximate surface area is 134 Å². The van der Waals surface area contributed by atoms with Crippen LogP contribution in [0.4, 0.5) is 18.9 Å². The third kappa shape index (κ3) is 5.42. The number of rotatable bonds is 5. The van der Waals surface area contributed by atoms with E-state index >= 15 is 0 Å². The minimum atomic E-state index is -4.57. The van der Waals surface area contributed by atoms with Gasteiger partial charge in [-0.1, -0.05) is 17.7 Å². The van der Waals surface area contributed by atoms with Gasteiger partial charge in [0.2, 0.25) is 5.91 Å². The topological polar surface area (TPSA) is 63.2 Å². The first-order valence-corrected chi connectivity index (χ1v) is 6.71. The van der Waals surface area contributed by atoms with Crippen molar-refractivity contribution in [2.75, 3.05) is 11.9 Å². The Bertz CT molecular complexity index is 695. The Balaban J connectivity index is 1.85. The van der Waals surface area contributed by atoms with Gasteiger partial charge in [0.1, 0.15) is 18.0 Å². The molecule has 0 bridgehead atoms. The molecule has 1 aromatic heterocycles. The number of carbonyl (C=O) groups excluding carboxylic acids is 1. The lowest BCUT2D eigenvalue weighted by Crippen LogP contribution is -2.30. The summed E-state index contributed by atoms with van der Waals surface area (Å²) in [6.07, 6.45) is -3.61. The van der Waals surface area contributed by atoms with Crippen LogP contribution in [0, 0.1) is 0 Å². The second-order valence-electron chi connectivity index (χ2n) is 4.36. The number of nitrogens with one attached hydrogen (secondary N) is 2. The predicted molar refractivity (Wildman–Crippen MR) is 78.0 cm³/mol. The van der Waals surface area contributed by atoms with Crippen LogP contribution in [-0.4, -0.2) is 17.4 Å². The number of amides is 1. The molecule has 0 fully saturated rings. The van der Waals surface area contributed by atoms with Gasteiger partial charge in [-0.3, -0.25) is 9.78 Å². The van der Waals surface area contributed by atoms with Crippen molar-refractivity contribution in [3.05, 3.63) is 53.3 Å². The maximum atomic E-state index is 12.5. The standard InChI is InChI=1S/C14H11ClF3N3O2/c15-9-2-1-3-11(6-9)23-20-8-13(22)21-10-4-5-19-12(7-10)14(16,17)18/h1-7,20H,8H2,(H,19,21,22). The molecule has 5 nitrogen and oxygen atoms in total. The van der Waals surface area contributed by atoms with Crippen molar-refractivity contribution >= 4 is 23.2 Å². The van der Waals surface area contributed by atoms with E-state index in [1.165, 1.54) is 12.1 Å². The van der Waals surface area contributed by atoms with E-state index in [0.29, 0.717) is 10.8 Å². The van der Waals surface area contributed by atoms with Crippen molar-refractivity contribution in [3.8, 4) is 5.75 Å². The second kappa shape index (κ2) is 7.30. The van der Waals surface area contributed by atoms with E-state index in [-0.39, 0.29) is 12.2 Å². The molecule has 0 unspecified atom stereocenters. The molecule has 1 amide bonds. The van der Waals surface area contributed by atoms with E-state index in [1.54, 1.807) is 18.2 Å². The smallest absolute Gasteiger partial charge is 0.408 e. The number of nitrogens with zero attached hydrogens (tertiary/aromatic N) is 1. The van der Waals surface area contributed by atoms with Crippen molar-refractivity contribution < 1.29 is 22.8 Å². The summed E-state index contributed by atoms with van der Waals surface area (Å²) in [6.45, 7) is -0.268. The monoisotopic (exact) mass is 345 g/mol. The SMILES string of the molecule is O=C(CNOc1cccc(Cl)c1)Nc1ccnc(C(F)(F)F)c1. The first-order chi connectivity index (χ1) is 10.8. The van der Waals surface area contributed by atoms with Crippen LogP contribution in [0.5, 0.6) is 5.75 Å². The summed E-state index contributed by atoms with van der Waals surface area (Å²) in [5.41, 5.74) is 1.29. The number of halogens is 4. The van der Waals surface area contributed by atoms with Crippen LogP contribution in [0.2, 0.25) is 5.02 Å². The number of hydrogen-bond acceptors (Lipinski definition) is 4. The second-order valence-corrected chi connectivity index (χ2v) is 4.79. The first kappa shape index (κ1) is 17.0. The van der Waals surface area contributed by atoms with Gasteiger partial charge in [0.25, 0.3) is 0 Å². The van der Waals surface area contributed by atoms with Crippen LogP contribution < -0.4 is 15.6 Å². The Kier molecular flexibility index (Phi) is 5.41. The zero-order valence-corrected chi connectivity index (χ0v) is 12.3. The van der Waals surface area contributed by atoms with Crippen molar-refractivity contribution in [3.63, 3.8) is 0 Å². The first-order valence-electron chi connectivity index (χ1n) is 6.33. The molecule has 122 valence electrons. The third-order valence-electron chi connectivity index (χ3n) is 2.55. The Morgan fingerprint density at radius 1 is 1.26 bits per heavy atom. The van der Waals surface area contributed by atoms with Crippen LogP contribution in [0.15, 0.2) is 42.6 Å². The van der Waals surface area contributed by atoms with Gasteiger partial charge in [0.15, 0.2) is 0 Å². The normalized spacial score (nSPS) is 11.1. The van der Waals surface area contributed by atoms with Crippen LogP contribution in [0.1, 0.15) is 5.69 Å². The highest BCUT2D eigenvalue weighted by Crippen LogP contribution is 2.28. The molecule has 23 heavy (non-hydrogen) atoms. The number of carbonyl (C=O) groups is 1. The van der Waals surface area contributed by atoms with E-state index in [9.17, 15) is 18.0 Å². The third-order valence-corrected chi connectivity index (χ3v) is 2.79. The molecule has 0 spiro atoms. The fourth-order valence-electron chi connectivity index (χ4n) is 1.58. The number of hydrogen-bond donors (Lipinski definition) is 2. The number of pyridine rings is 1. The molecule has 0 saturated heterocycles. The van der Waals surface area contributed by atoms with E-state index in [1.807, 2.05) is 0 Å². The summed E-state index contributed by atoms with van der Waals surface area (Å²) in [5.74, 6) is -0.181. The average molecular weight is 346 g/mol. The van der Waals surface area contributed by atoms with Gasteiger partial charge in [-0.05, 0) is 24.3 Å². The lowest BCUT2D eigenvalue weighted by molar-refractivity contribution is -0.141. The number of anilines is 1. The zero-order valence-electron chi connectivity index (χ0n) is 11.5. The molecule has 2 N–H and O–H groups in total. The molecule has 2 rings (SSSR count). The zero-order chi connectivity index (χ0) is 16.9. The predicted octanol–water partition coefficient (Wildman–Crippen LogP) is 3.28. The summed E-state index contributed by atoms with van der Waals surface area (Å²) in [7, 11) is 0. The summed E-state index contributed by atoms with van der Waals surface area (Å²) >= 11 is 5.76. The van der Waals surface area contributed by atoms with Gasteiger partial charge in [-0.25, -0.2) is 0 Å². The number of benzene rings is 1. The van der Waals surface area contributed by atoms with E-state index in [0.717, 1.165) is 12.3 Å². The molecule has 2 aromatic rings. The Morgan fingerprint density at radius 3 is 2.74 bits per heavy atom. The molecule has 1 aromatic carbocycles. The Hall–Kier alpha value is -2.32. The molecular weight excluding hydrogens is 335 g/mol. The highest BCUT2D eigenvalue weighted by Gasteiger charge is 2.32. The van der Waals surface area contributed by atoms with E-state index < -0.39 is 17.8 Å². The minimum Gasteiger partial charge on any atom is -0.408 e. The maximum Gasteiger partial charge on any atom is 0.433 e. The Morgan fingerprint density at radius 2 is 2.04 bits per heavy atom. The highest BCUT2D eigenvalue weighted by molar-refractivity contribution is 6.30. The summed E-state index contributed by atoms with van der Waals surface area (Å²) in [5, 5.41) is 2.77. The van der Waals surface area contributed by atoms with Crippen LogP contribution in [0.25, 0.3) is 0 Å². The van der Waals surface area contributed by atoms with Crippen molar-refractivity contribution in [2.45, 2.75) is 6.18 Å². The van der Waals surface area contributed by atoms with Crippen molar-refractivity contribution in [1.82, 2.24) is 10.5 Å².